The molecule has 1 rings (SSSR count). The number of carbonyl (C=O) groups excluding carboxylic acids is 1. The number of aliphatic carboxylic acids is 1. The average molecular weight is 267 g/mol. The third-order valence-electron chi connectivity index (χ3n) is 2.60. The lowest BCUT2D eigenvalue weighted by molar-refractivity contribution is -0.139. The van der Waals surface area contributed by atoms with Gasteiger partial charge in [-0.2, -0.15) is 11.8 Å². The number of rotatable bonds is 6. The Hall–Kier alpha value is -1.49. The van der Waals surface area contributed by atoms with Gasteiger partial charge < -0.3 is 10.4 Å². The fraction of sp³-hybridized carbons (Fsp3) is 0.385. The normalized spacial score (nSPS) is 11.9. The molecular weight excluding hydrogens is 250 g/mol. The Labute approximate surface area is 111 Å². The van der Waals surface area contributed by atoms with Crippen LogP contribution in [-0.4, -0.2) is 35.0 Å². The van der Waals surface area contributed by atoms with Gasteiger partial charge in [0.25, 0.3) is 5.91 Å². The monoisotopic (exact) mass is 267 g/mol. The molecule has 0 saturated heterocycles. The van der Waals surface area contributed by atoms with Crippen LogP contribution in [0.25, 0.3) is 0 Å². The summed E-state index contributed by atoms with van der Waals surface area (Å²) in [5.41, 5.74) is 1.36. The minimum absolute atomic E-state index is 0.332. The van der Waals surface area contributed by atoms with Gasteiger partial charge >= 0.3 is 5.97 Å². The number of benzene rings is 1. The molecule has 0 radical (unpaired) electrons. The molecule has 0 fully saturated rings. The molecule has 0 saturated carbocycles. The molecule has 0 aromatic heterocycles. The van der Waals surface area contributed by atoms with Gasteiger partial charge in [0, 0.05) is 5.56 Å². The molecule has 0 aliphatic carbocycles. The molecule has 4 nitrogen and oxygen atoms in total. The van der Waals surface area contributed by atoms with E-state index in [0.29, 0.717) is 17.7 Å². The number of nitrogens with one attached hydrogen (secondary N) is 1. The molecule has 0 heterocycles. The third-order valence-corrected chi connectivity index (χ3v) is 3.25. The van der Waals surface area contributed by atoms with Crippen molar-refractivity contribution in [1.82, 2.24) is 5.32 Å². The molecule has 0 aliphatic heterocycles. The summed E-state index contributed by atoms with van der Waals surface area (Å²) in [6.07, 6.45) is 2.33. The van der Waals surface area contributed by atoms with Crippen LogP contribution < -0.4 is 5.32 Å². The van der Waals surface area contributed by atoms with Crippen molar-refractivity contribution < 1.29 is 14.7 Å². The summed E-state index contributed by atoms with van der Waals surface area (Å²) in [6.45, 7) is 1.83. The Morgan fingerprint density at radius 1 is 1.39 bits per heavy atom. The minimum Gasteiger partial charge on any atom is -0.480 e. The Morgan fingerprint density at radius 3 is 2.61 bits per heavy atom. The van der Waals surface area contributed by atoms with Gasteiger partial charge in [-0.15, -0.1) is 0 Å². The summed E-state index contributed by atoms with van der Waals surface area (Å²) in [5, 5.41) is 11.6. The van der Waals surface area contributed by atoms with Crippen molar-refractivity contribution >= 4 is 23.6 Å². The second kappa shape index (κ2) is 7.06. The van der Waals surface area contributed by atoms with Crippen molar-refractivity contribution in [1.29, 1.82) is 0 Å². The minimum atomic E-state index is -0.994. The van der Waals surface area contributed by atoms with Crippen LogP contribution in [0.15, 0.2) is 24.3 Å². The van der Waals surface area contributed by atoms with E-state index >= 15 is 0 Å². The number of carbonyl (C=O) groups is 2. The Bertz CT molecular complexity index is 434. The van der Waals surface area contributed by atoms with E-state index in [0.717, 1.165) is 5.56 Å². The zero-order valence-corrected chi connectivity index (χ0v) is 11.3. The number of hydrogen-bond acceptors (Lipinski definition) is 3. The molecule has 1 amide bonds. The van der Waals surface area contributed by atoms with Crippen LogP contribution in [0.3, 0.4) is 0 Å². The van der Waals surface area contributed by atoms with Crippen LogP contribution in [0.1, 0.15) is 22.3 Å². The highest BCUT2D eigenvalue weighted by Crippen LogP contribution is 2.08. The van der Waals surface area contributed by atoms with Crippen LogP contribution in [0.4, 0.5) is 0 Å². The summed E-state index contributed by atoms with van der Waals surface area (Å²) in [5.74, 6) is -0.627. The fourth-order valence-corrected chi connectivity index (χ4v) is 2.03. The van der Waals surface area contributed by atoms with Crippen molar-refractivity contribution in [3.8, 4) is 0 Å². The zero-order chi connectivity index (χ0) is 13.5. The quantitative estimate of drug-likeness (QED) is 0.826. The number of hydrogen-bond donors (Lipinski definition) is 2. The van der Waals surface area contributed by atoms with E-state index in [4.69, 9.17) is 5.11 Å². The van der Waals surface area contributed by atoms with E-state index in [1.54, 1.807) is 23.9 Å². The Kier molecular flexibility index (Phi) is 5.71. The molecular formula is C13H17NO3S. The Balaban J connectivity index is 2.72. The molecule has 1 atom stereocenters. The fourth-order valence-electron chi connectivity index (χ4n) is 1.56. The van der Waals surface area contributed by atoms with Crippen molar-refractivity contribution in [2.45, 2.75) is 19.4 Å². The van der Waals surface area contributed by atoms with E-state index < -0.39 is 12.0 Å². The number of carboxylic acid groups (broad SMARTS) is 1. The van der Waals surface area contributed by atoms with Gasteiger partial charge in [0.05, 0.1) is 0 Å². The lowest BCUT2D eigenvalue weighted by atomic mass is 10.1. The molecule has 5 heteroatoms. The van der Waals surface area contributed by atoms with Gasteiger partial charge in [-0.25, -0.2) is 4.79 Å². The first-order valence-corrected chi connectivity index (χ1v) is 7.04. The summed E-state index contributed by atoms with van der Waals surface area (Å²) in [7, 11) is 0. The number of carboxylic acids is 1. The first kappa shape index (κ1) is 14.6. The van der Waals surface area contributed by atoms with Crippen molar-refractivity contribution in [3.63, 3.8) is 0 Å². The molecule has 1 aromatic carbocycles. The molecule has 0 aliphatic rings. The number of amides is 1. The lowest BCUT2D eigenvalue weighted by Gasteiger charge is -2.14. The second-order valence-electron chi connectivity index (χ2n) is 3.96. The van der Waals surface area contributed by atoms with Gasteiger partial charge in [0.2, 0.25) is 0 Å². The summed E-state index contributed by atoms with van der Waals surface area (Å²) in [6, 6.07) is 6.29. The largest absolute Gasteiger partial charge is 0.480 e. The van der Waals surface area contributed by atoms with Gasteiger partial charge in [0.1, 0.15) is 6.04 Å². The molecule has 0 bridgehead atoms. The summed E-state index contributed by atoms with van der Waals surface area (Å²) >= 11 is 1.56. The van der Waals surface area contributed by atoms with E-state index in [1.165, 1.54) is 0 Å². The van der Waals surface area contributed by atoms with Gasteiger partial charge in [-0.05, 0) is 37.0 Å². The SMILES string of the molecule is CSCC[C@@H](NC(=O)c1ccccc1C)C(=O)O. The van der Waals surface area contributed by atoms with Crippen LogP contribution in [0.2, 0.25) is 0 Å². The lowest BCUT2D eigenvalue weighted by Crippen LogP contribution is -2.41. The van der Waals surface area contributed by atoms with Gasteiger partial charge in [0.15, 0.2) is 0 Å². The highest BCUT2D eigenvalue weighted by Gasteiger charge is 2.20. The molecule has 0 spiro atoms. The standard InChI is InChI=1S/C13H17NO3S/c1-9-5-3-4-6-10(9)12(15)14-11(13(16)17)7-8-18-2/h3-6,11H,7-8H2,1-2H3,(H,14,15)(H,16,17)/t11-/m1/s1. The molecule has 1 aromatic rings. The summed E-state index contributed by atoms with van der Waals surface area (Å²) < 4.78 is 0. The van der Waals surface area contributed by atoms with E-state index in [9.17, 15) is 9.59 Å². The predicted molar refractivity (Wildman–Crippen MR) is 73.1 cm³/mol. The average Bonchev–Trinajstić information content (AvgIpc) is 2.34. The maximum Gasteiger partial charge on any atom is 0.326 e. The highest BCUT2D eigenvalue weighted by atomic mass is 32.2. The molecule has 18 heavy (non-hydrogen) atoms. The van der Waals surface area contributed by atoms with Crippen molar-refractivity contribution in [3.05, 3.63) is 35.4 Å². The summed E-state index contributed by atoms with van der Waals surface area (Å²) in [4.78, 5) is 23.0. The Morgan fingerprint density at radius 2 is 2.06 bits per heavy atom. The second-order valence-corrected chi connectivity index (χ2v) is 4.95. The van der Waals surface area contributed by atoms with Crippen molar-refractivity contribution in [2.24, 2.45) is 0 Å². The van der Waals surface area contributed by atoms with Crippen molar-refractivity contribution in [2.75, 3.05) is 12.0 Å². The maximum atomic E-state index is 12.0. The smallest absolute Gasteiger partial charge is 0.326 e. The van der Waals surface area contributed by atoms with Crippen LogP contribution >= 0.6 is 11.8 Å². The zero-order valence-electron chi connectivity index (χ0n) is 10.5. The number of aryl methyl sites for hydroxylation is 1. The van der Waals surface area contributed by atoms with Crippen LogP contribution in [0.5, 0.6) is 0 Å². The van der Waals surface area contributed by atoms with E-state index in [-0.39, 0.29) is 5.91 Å². The topological polar surface area (TPSA) is 66.4 Å². The van der Waals surface area contributed by atoms with E-state index in [1.807, 2.05) is 25.3 Å². The molecule has 98 valence electrons. The first-order chi connectivity index (χ1) is 8.56. The van der Waals surface area contributed by atoms with Gasteiger partial charge in [-0.1, -0.05) is 18.2 Å². The maximum absolute atomic E-state index is 12.0. The highest BCUT2D eigenvalue weighted by molar-refractivity contribution is 7.98. The van der Waals surface area contributed by atoms with Crippen LogP contribution in [-0.2, 0) is 4.79 Å². The first-order valence-electron chi connectivity index (χ1n) is 5.64. The van der Waals surface area contributed by atoms with E-state index in [2.05, 4.69) is 5.32 Å². The molecule has 2 N–H and O–H groups in total. The molecule has 0 unspecified atom stereocenters. The number of thioether (sulfide) groups is 1. The predicted octanol–water partition coefficient (Wildman–Crippen LogP) is 1.93. The van der Waals surface area contributed by atoms with Gasteiger partial charge in [-0.3, -0.25) is 4.79 Å². The third kappa shape index (κ3) is 4.07. The van der Waals surface area contributed by atoms with Crippen LogP contribution in [0, 0.1) is 6.92 Å².